The molecule has 2 amide bonds. The van der Waals surface area contributed by atoms with Crippen LogP contribution in [0.15, 0.2) is 29.3 Å². The van der Waals surface area contributed by atoms with Crippen molar-refractivity contribution in [1.82, 2.24) is 19.8 Å². The average Bonchev–Trinajstić information content (AvgIpc) is 2.64. The Kier molecular flexibility index (Phi) is 5.58. The zero-order chi connectivity index (χ0) is 19.6. The van der Waals surface area contributed by atoms with Gasteiger partial charge in [0, 0.05) is 25.0 Å². The highest BCUT2D eigenvalue weighted by molar-refractivity contribution is 5.81. The van der Waals surface area contributed by atoms with Gasteiger partial charge in [0.25, 0.3) is 5.56 Å². The largest absolute Gasteiger partial charge is 0.351 e. The zero-order valence-corrected chi connectivity index (χ0v) is 16.1. The fourth-order valence-electron chi connectivity index (χ4n) is 3.39. The Morgan fingerprint density at radius 1 is 1.33 bits per heavy atom. The minimum atomic E-state index is -0.210. The number of nitrogens with one attached hydrogen (secondary N) is 1. The molecule has 1 saturated heterocycles. The number of carbonyl (C=O) groups is 2. The molecule has 1 aromatic carbocycles. The predicted molar refractivity (Wildman–Crippen MR) is 103 cm³/mol. The number of fused-ring (bicyclic) bond motifs is 1. The second-order valence-corrected chi connectivity index (χ2v) is 7.49. The van der Waals surface area contributed by atoms with Crippen molar-refractivity contribution in [3.63, 3.8) is 0 Å². The number of rotatable bonds is 4. The summed E-state index contributed by atoms with van der Waals surface area (Å²) in [7, 11) is 0. The summed E-state index contributed by atoms with van der Waals surface area (Å²) in [6.45, 7) is 6.68. The molecular formula is C20H26N4O3. The second-order valence-electron chi connectivity index (χ2n) is 7.49. The summed E-state index contributed by atoms with van der Waals surface area (Å²) in [5.41, 5.74) is 1.39. The van der Waals surface area contributed by atoms with E-state index in [2.05, 4.69) is 10.3 Å². The van der Waals surface area contributed by atoms with Crippen LogP contribution in [-0.4, -0.2) is 45.4 Å². The number of piperidine rings is 1. The number of aryl methyl sites for hydroxylation is 1. The molecule has 1 fully saturated rings. The summed E-state index contributed by atoms with van der Waals surface area (Å²) in [5, 5.41) is 3.51. The lowest BCUT2D eigenvalue weighted by molar-refractivity contribution is -0.134. The van der Waals surface area contributed by atoms with Gasteiger partial charge in [-0.15, -0.1) is 0 Å². The minimum absolute atomic E-state index is 0.000354. The van der Waals surface area contributed by atoms with Crippen molar-refractivity contribution in [2.75, 3.05) is 13.1 Å². The van der Waals surface area contributed by atoms with E-state index in [4.69, 9.17) is 0 Å². The smallest absolute Gasteiger partial charge is 0.261 e. The SMILES string of the molecule is Cc1cccc2c(=O)n(CC(=O)N3CCC[C@@H](NC(=O)C(C)C)C3)cnc12. The third kappa shape index (κ3) is 4.18. The van der Waals surface area contributed by atoms with Gasteiger partial charge >= 0.3 is 0 Å². The molecule has 0 radical (unpaired) electrons. The number of benzene rings is 1. The lowest BCUT2D eigenvalue weighted by Crippen LogP contribution is -2.51. The first-order valence-corrected chi connectivity index (χ1v) is 9.39. The van der Waals surface area contributed by atoms with Gasteiger partial charge in [0.15, 0.2) is 0 Å². The lowest BCUT2D eigenvalue weighted by Gasteiger charge is -2.33. The highest BCUT2D eigenvalue weighted by atomic mass is 16.2. The topological polar surface area (TPSA) is 84.3 Å². The summed E-state index contributed by atoms with van der Waals surface area (Å²) >= 11 is 0. The first kappa shape index (κ1) is 19.1. The van der Waals surface area contributed by atoms with E-state index in [1.165, 1.54) is 10.9 Å². The van der Waals surface area contributed by atoms with Gasteiger partial charge in [-0.3, -0.25) is 19.0 Å². The van der Waals surface area contributed by atoms with E-state index >= 15 is 0 Å². The van der Waals surface area contributed by atoms with Gasteiger partial charge in [0.05, 0.1) is 17.2 Å². The van der Waals surface area contributed by atoms with Gasteiger partial charge in [-0.05, 0) is 31.4 Å². The highest BCUT2D eigenvalue weighted by Gasteiger charge is 2.25. The van der Waals surface area contributed by atoms with Gasteiger partial charge in [-0.25, -0.2) is 4.98 Å². The normalized spacial score (nSPS) is 17.3. The minimum Gasteiger partial charge on any atom is -0.351 e. The fourth-order valence-corrected chi connectivity index (χ4v) is 3.39. The first-order valence-electron chi connectivity index (χ1n) is 9.39. The molecule has 1 atom stereocenters. The van der Waals surface area contributed by atoms with E-state index < -0.39 is 0 Å². The molecule has 2 heterocycles. The standard InChI is InChI=1S/C20H26N4O3/c1-13(2)19(26)22-15-7-5-9-23(10-15)17(25)11-24-12-21-18-14(3)6-4-8-16(18)20(24)27/h4,6,8,12-13,15H,5,7,9-11H2,1-3H3,(H,22,26)/t15-/m1/s1. The Morgan fingerprint density at radius 3 is 2.85 bits per heavy atom. The summed E-state index contributed by atoms with van der Waals surface area (Å²) in [5.74, 6) is -0.212. The molecule has 3 rings (SSSR count). The Bertz CT molecular complexity index is 919. The van der Waals surface area contributed by atoms with Crippen LogP contribution < -0.4 is 10.9 Å². The van der Waals surface area contributed by atoms with E-state index in [-0.39, 0.29) is 35.9 Å². The van der Waals surface area contributed by atoms with Crippen molar-refractivity contribution in [3.05, 3.63) is 40.4 Å². The molecule has 0 saturated carbocycles. The molecule has 27 heavy (non-hydrogen) atoms. The number of likely N-dealkylation sites (tertiary alicyclic amines) is 1. The van der Waals surface area contributed by atoms with Gasteiger partial charge in [-0.2, -0.15) is 0 Å². The van der Waals surface area contributed by atoms with Crippen molar-refractivity contribution in [3.8, 4) is 0 Å². The molecular weight excluding hydrogens is 344 g/mol. The number of para-hydroxylation sites is 1. The van der Waals surface area contributed by atoms with Crippen LogP contribution in [0, 0.1) is 12.8 Å². The van der Waals surface area contributed by atoms with Crippen LogP contribution in [0.2, 0.25) is 0 Å². The lowest BCUT2D eigenvalue weighted by atomic mass is 10.0. The van der Waals surface area contributed by atoms with Crippen LogP contribution in [0.25, 0.3) is 10.9 Å². The van der Waals surface area contributed by atoms with Gasteiger partial charge < -0.3 is 10.2 Å². The Balaban J connectivity index is 1.72. The molecule has 0 bridgehead atoms. The molecule has 1 N–H and O–H groups in total. The van der Waals surface area contributed by atoms with Crippen molar-refractivity contribution < 1.29 is 9.59 Å². The first-order chi connectivity index (χ1) is 12.9. The number of nitrogens with zero attached hydrogens (tertiary/aromatic N) is 3. The maximum atomic E-state index is 12.7. The van der Waals surface area contributed by atoms with Crippen LogP contribution in [-0.2, 0) is 16.1 Å². The zero-order valence-electron chi connectivity index (χ0n) is 16.1. The van der Waals surface area contributed by atoms with Crippen LogP contribution >= 0.6 is 0 Å². The predicted octanol–water partition coefficient (Wildman–Crippen LogP) is 1.47. The molecule has 0 unspecified atom stereocenters. The number of hydrogen-bond donors (Lipinski definition) is 1. The summed E-state index contributed by atoms with van der Waals surface area (Å²) in [6.07, 6.45) is 3.13. The molecule has 1 aliphatic heterocycles. The molecule has 0 spiro atoms. The Hall–Kier alpha value is -2.70. The number of hydrogen-bond acceptors (Lipinski definition) is 4. The van der Waals surface area contributed by atoms with E-state index in [0.29, 0.717) is 24.0 Å². The number of amides is 2. The van der Waals surface area contributed by atoms with Crippen LogP contribution in [0.3, 0.4) is 0 Å². The number of carbonyl (C=O) groups excluding carboxylic acids is 2. The van der Waals surface area contributed by atoms with Gasteiger partial charge in [0.1, 0.15) is 6.54 Å². The summed E-state index contributed by atoms with van der Waals surface area (Å²) < 4.78 is 1.36. The van der Waals surface area contributed by atoms with Crippen molar-refractivity contribution >= 4 is 22.7 Å². The second kappa shape index (κ2) is 7.90. The van der Waals surface area contributed by atoms with Gasteiger partial charge in [-0.1, -0.05) is 26.0 Å². The Morgan fingerprint density at radius 2 is 2.11 bits per heavy atom. The molecule has 0 aliphatic carbocycles. The number of aromatic nitrogens is 2. The Labute approximate surface area is 158 Å². The summed E-state index contributed by atoms with van der Waals surface area (Å²) in [6, 6.07) is 5.42. The summed E-state index contributed by atoms with van der Waals surface area (Å²) in [4.78, 5) is 43.4. The highest BCUT2D eigenvalue weighted by Crippen LogP contribution is 2.13. The maximum absolute atomic E-state index is 12.7. The third-order valence-corrected chi connectivity index (χ3v) is 5.01. The molecule has 2 aromatic rings. The van der Waals surface area contributed by atoms with E-state index in [1.54, 1.807) is 11.0 Å². The molecule has 7 nitrogen and oxygen atoms in total. The van der Waals surface area contributed by atoms with Crippen molar-refractivity contribution in [1.29, 1.82) is 0 Å². The van der Waals surface area contributed by atoms with Crippen molar-refractivity contribution in [2.45, 2.75) is 46.2 Å². The molecule has 7 heteroatoms. The maximum Gasteiger partial charge on any atom is 0.261 e. The molecule has 1 aromatic heterocycles. The van der Waals surface area contributed by atoms with Gasteiger partial charge in [0.2, 0.25) is 11.8 Å². The van der Waals surface area contributed by atoms with E-state index in [9.17, 15) is 14.4 Å². The van der Waals surface area contributed by atoms with Crippen LogP contribution in [0.4, 0.5) is 0 Å². The van der Waals surface area contributed by atoms with Crippen LogP contribution in [0.5, 0.6) is 0 Å². The van der Waals surface area contributed by atoms with Crippen molar-refractivity contribution in [2.24, 2.45) is 5.92 Å². The molecule has 1 aliphatic rings. The van der Waals surface area contributed by atoms with E-state index in [1.807, 2.05) is 32.9 Å². The average molecular weight is 370 g/mol. The monoisotopic (exact) mass is 370 g/mol. The molecule has 144 valence electrons. The van der Waals surface area contributed by atoms with Crippen LogP contribution in [0.1, 0.15) is 32.3 Å². The van der Waals surface area contributed by atoms with E-state index in [0.717, 1.165) is 18.4 Å². The fraction of sp³-hybridized carbons (Fsp3) is 0.500. The quantitative estimate of drug-likeness (QED) is 0.883. The third-order valence-electron chi connectivity index (χ3n) is 5.01.